The van der Waals surface area contributed by atoms with Gasteiger partial charge in [-0.25, -0.2) is 0 Å². The van der Waals surface area contributed by atoms with E-state index < -0.39 is 0 Å². The summed E-state index contributed by atoms with van der Waals surface area (Å²) in [5.41, 5.74) is 3.61. The number of nitrogens with zero attached hydrogens (tertiary/aromatic N) is 2. The van der Waals surface area contributed by atoms with Crippen molar-refractivity contribution in [1.82, 2.24) is 9.80 Å². The third-order valence-corrected chi connectivity index (χ3v) is 5.02. The minimum absolute atomic E-state index is 0.167. The quantitative estimate of drug-likeness (QED) is 0.697. The maximum Gasteiger partial charge on any atom is 0.219 e. The van der Waals surface area contributed by atoms with Crippen LogP contribution in [0.3, 0.4) is 0 Å². The molecule has 0 radical (unpaired) electrons. The highest BCUT2D eigenvalue weighted by Gasteiger charge is 2.27. The van der Waals surface area contributed by atoms with E-state index in [0.717, 1.165) is 25.4 Å². The molecule has 2 aliphatic carbocycles. The fourth-order valence-corrected chi connectivity index (χ4v) is 3.70. The van der Waals surface area contributed by atoms with Gasteiger partial charge >= 0.3 is 0 Å². The van der Waals surface area contributed by atoms with Gasteiger partial charge in [-0.3, -0.25) is 4.79 Å². The maximum atomic E-state index is 11.2. The second-order valence-electron chi connectivity index (χ2n) is 6.63. The van der Waals surface area contributed by atoms with Gasteiger partial charge in [0.25, 0.3) is 0 Å². The second-order valence-corrected chi connectivity index (χ2v) is 6.63. The molecule has 0 spiro atoms. The molecule has 2 rings (SSSR count). The Kier molecular flexibility index (Phi) is 5.64. The number of hydrogen-bond acceptors (Lipinski definition) is 2. The van der Waals surface area contributed by atoms with Gasteiger partial charge in [0, 0.05) is 27.1 Å². The number of rotatable bonds is 6. The van der Waals surface area contributed by atoms with Crippen LogP contribution >= 0.6 is 0 Å². The third-order valence-electron chi connectivity index (χ3n) is 5.02. The van der Waals surface area contributed by atoms with Crippen LogP contribution in [0.1, 0.15) is 51.9 Å². The van der Waals surface area contributed by atoms with Gasteiger partial charge < -0.3 is 9.80 Å². The highest BCUT2D eigenvalue weighted by atomic mass is 16.2. The molecule has 114 valence electrons. The van der Waals surface area contributed by atoms with Crippen molar-refractivity contribution in [1.29, 1.82) is 0 Å². The minimum atomic E-state index is 0.167. The normalized spacial score (nSPS) is 22.3. The second kappa shape index (κ2) is 7.26. The molecule has 0 saturated carbocycles. The predicted molar refractivity (Wildman–Crippen MR) is 83.6 cm³/mol. The van der Waals surface area contributed by atoms with Crippen molar-refractivity contribution < 1.29 is 4.79 Å². The fraction of sp³-hybridized carbons (Fsp3) is 0.824. The largest absolute Gasteiger partial charge is 0.346 e. The molecule has 20 heavy (non-hydrogen) atoms. The van der Waals surface area contributed by atoms with Crippen LogP contribution < -0.4 is 0 Å². The van der Waals surface area contributed by atoms with Crippen LogP contribution in [0.5, 0.6) is 0 Å². The molecule has 0 N–H and O–H groups in total. The predicted octanol–water partition coefficient (Wildman–Crippen LogP) is 3.07. The topological polar surface area (TPSA) is 23.6 Å². The molecule has 0 aromatic heterocycles. The molecule has 0 saturated heterocycles. The van der Waals surface area contributed by atoms with E-state index in [-0.39, 0.29) is 5.91 Å². The first kappa shape index (κ1) is 15.6. The van der Waals surface area contributed by atoms with Crippen LogP contribution in [0.4, 0.5) is 0 Å². The molecule has 1 unspecified atom stereocenters. The van der Waals surface area contributed by atoms with Crippen molar-refractivity contribution in [2.24, 2.45) is 5.92 Å². The number of amides is 1. The standard InChI is InChI=1S/C17H30N2O/c1-14(20)19(3)12-6-11-18(2)13-16-10-9-15-7-4-5-8-17(15)16/h16H,4-13H2,1-3H3. The van der Waals surface area contributed by atoms with Gasteiger partial charge in [-0.2, -0.15) is 0 Å². The van der Waals surface area contributed by atoms with Gasteiger partial charge in [0.15, 0.2) is 0 Å². The molecule has 1 atom stereocenters. The lowest BCUT2D eigenvalue weighted by Gasteiger charge is -2.25. The summed E-state index contributed by atoms with van der Waals surface area (Å²) in [6, 6.07) is 0. The third kappa shape index (κ3) is 4.08. The van der Waals surface area contributed by atoms with Crippen LogP contribution in [-0.4, -0.2) is 49.4 Å². The Morgan fingerprint density at radius 1 is 1.15 bits per heavy atom. The average Bonchev–Trinajstić information content (AvgIpc) is 2.82. The average molecular weight is 278 g/mol. The summed E-state index contributed by atoms with van der Waals surface area (Å²) in [7, 11) is 4.12. The smallest absolute Gasteiger partial charge is 0.219 e. The lowest BCUT2D eigenvalue weighted by Crippen LogP contribution is -2.31. The van der Waals surface area contributed by atoms with Gasteiger partial charge in [-0.1, -0.05) is 11.1 Å². The highest BCUT2D eigenvalue weighted by Crippen LogP contribution is 2.41. The fourth-order valence-electron chi connectivity index (χ4n) is 3.70. The number of carbonyl (C=O) groups excluding carboxylic acids is 1. The van der Waals surface area contributed by atoms with Crippen LogP contribution in [0.25, 0.3) is 0 Å². The van der Waals surface area contributed by atoms with Crippen molar-refractivity contribution in [2.75, 3.05) is 33.7 Å². The van der Waals surface area contributed by atoms with Crippen LogP contribution in [0.15, 0.2) is 11.1 Å². The van der Waals surface area contributed by atoms with E-state index in [1.54, 1.807) is 12.5 Å². The van der Waals surface area contributed by atoms with Crippen LogP contribution in [-0.2, 0) is 4.79 Å². The zero-order valence-corrected chi connectivity index (χ0v) is 13.5. The maximum absolute atomic E-state index is 11.2. The van der Waals surface area contributed by atoms with Gasteiger partial charge in [0.05, 0.1) is 0 Å². The molecule has 1 amide bonds. The first-order chi connectivity index (χ1) is 9.58. The van der Waals surface area contributed by atoms with E-state index in [1.165, 1.54) is 45.1 Å². The van der Waals surface area contributed by atoms with Crippen molar-refractivity contribution in [2.45, 2.75) is 51.9 Å². The van der Waals surface area contributed by atoms with Crippen molar-refractivity contribution in [3.63, 3.8) is 0 Å². The minimum Gasteiger partial charge on any atom is -0.346 e. The summed E-state index contributed by atoms with van der Waals surface area (Å²) in [6.07, 6.45) is 9.37. The van der Waals surface area contributed by atoms with Crippen LogP contribution in [0.2, 0.25) is 0 Å². The van der Waals surface area contributed by atoms with E-state index in [0.29, 0.717) is 0 Å². The van der Waals surface area contributed by atoms with Gasteiger partial charge in [0.1, 0.15) is 0 Å². The Morgan fingerprint density at radius 3 is 2.65 bits per heavy atom. The summed E-state index contributed by atoms with van der Waals surface area (Å²) in [5, 5.41) is 0. The van der Waals surface area contributed by atoms with E-state index in [9.17, 15) is 4.79 Å². The molecule has 0 aromatic carbocycles. The van der Waals surface area contributed by atoms with Crippen molar-refractivity contribution in [3.05, 3.63) is 11.1 Å². The summed E-state index contributed by atoms with van der Waals surface area (Å²) >= 11 is 0. The molecular formula is C17H30N2O. The Labute approximate surface area is 124 Å². The van der Waals surface area contributed by atoms with Gasteiger partial charge in [-0.05, 0) is 64.5 Å². The molecule has 0 aliphatic heterocycles. The lowest BCUT2D eigenvalue weighted by molar-refractivity contribution is -0.127. The Bertz CT molecular complexity index is 375. The number of carbonyl (C=O) groups is 1. The van der Waals surface area contributed by atoms with Crippen molar-refractivity contribution >= 4 is 5.91 Å². The number of hydrogen-bond donors (Lipinski definition) is 0. The molecule has 0 fully saturated rings. The Morgan fingerprint density at radius 2 is 1.90 bits per heavy atom. The Balaban J connectivity index is 1.71. The van der Waals surface area contributed by atoms with Crippen LogP contribution in [0, 0.1) is 5.92 Å². The molecule has 3 heteroatoms. The summed E-state index contributed by atoms with van der Waals surface area (Å²) in [6.45, 7) is 4.82. The van der Waals surface area contributed by atoms with E-state index in [2.05, 4.69) is 11.9 Å². The monoisotopic (exact) mass is 278 g/mol. The summed E-state index contributed by atoms with van der Waals surface area (Å²) < 4.78 is 0. The first-order valence-corrected chi connectivity index (χ1v) is 8.19. The summed E-state index contributed by atoms with van der Waals surface area (Å²) in [4.78, 5) is 15.4. The molecular weight excluding hydrogens is 248 g/mol. The molecule has 0 aromatic rings. The zero-order valence-electron chi connectivity index (χ0n) is 13.5. The molecule has 0 bridgehead atoms. The first-order valence-electron chi connectivity index (χ1n) is 8.19. The lowest BCUT2D eigenvalue weighted by atomic mass is 9.89. The SMILES string of the molecule is CC(=O)N(C)CCCN(C)CC1CCC2=C1CCCC2. The molecule has 2 aliphatic rings. The van der Waals surface area contributed by atoms with Crippen molar-refractivity contribution in [3.8, 4) is 0 Å². The van der Waals surface area contributed by atoms with Gasteiger partial charge in [-0.15, -0.1) is 0 Å². The van der Waals surface area contributed by atoms with E-state index in [4.69, 9.17) is 0 Å². The van der Waals surface area contributed by atoms with E-state index >= 15 is 0 Å². The molecule has 0 heterocycles. The van der Waals surface area contributed by atoms with Gasteiger partial charge in [0.2, 0.25) is 5.91 Å². The Hall–Kier alpha value is -0.830. The number of allylic oxidation sites excluding steroid dienone is 1. The highest BCUT2D eigenvalue weighted by molar-refractivity contribution is 5.72. The zero-order chi connectivity index (χ0) is 14.5. The summed E-state index contributed by atoms with van der Waals surface area (Å²) in [5.74, 6) is 0.987. The van der Waals surface area contributed by atoms with E-state index in [1.807, 2.05) is 17.5 Å². The molecule has 3 nitrogen and oxygen atoms in total.